The third-order valence-electron chi connectivity index (χ3n) is 3.73. The van der Waals surface area contributed by atoms with E-state index >= 15 is 0 Å². The molecule has 0 atom stereocenters. The summed E-state index contributed by atoms with van der Waals surface area (Å²) in [6, 6.07) is 17.9. The van der Waals surface area contributed by atoms with Gasteiger partial charge >= 0.3 is 0 Å². The molecule has 3 rings (SSSR count). The van der Waals surface area contributed by atoms with Crippen molar-refractivity contribution in [3.05, 3.63) is 60.7 Å². The van der Waals surface area contributed by atoms with Crippen LogP contribution in [0, 0.1) is 0 Å². The molecule has 2 aromatic carbocycles. The summed E-state index contributed by atoms with van der Waals surface area (Å²) < 4.78 is 15.9. The molecule has 0 saturated heterocycles. The molecule has 0 bridgehead atoms. The number of nitrogens with zero attached hydrogens (tertiary/aromatic N) is 2. The number of ether oxygens (including phenoxy) is 3. The second-order valence-corrected chi connectivity index (χ2v) is 5.62. The van der Waals surface area contributed by atoms with Gasteiger partial charge in [0.25, 0.3) is 5.91 Å². The average molecular weight is 380 g/mol. The third kappa shape index (κ3) is 4.88. The highest BCUT2D eigenvalue weighted by molar-refractivity contribution is 5.91. The molecule has 1 aromatic heterocycles. The number of hydrogen-bond donors (Lipinski definition) is 2. The number of anilines is 3. The van der Waals surface area contributed by atoms with Gasteiger partial charge in [-0.25, -0.2) is 0 Å². The van der Waals surface area contributed by atoms with Crippen LogP contribution in [0.25, 0.3) is 0 Å². The minimum Gasteiger partial charge on any atom is -0.495 e. The van der Waals surface area contributed by atoms with Crippen LogP contribution in [0.4, 0.5) is 17.3 Å². The van der Waals surface area contributed by atoms with Crippen LogP contribution in [-0.2, 0) is 4.79 Å². The van der Waals surface area contributed by atoms with E-state index in [1.54, 1.807) is 44.6 Å². The van der Waals surface area contributed by atoms with Gasteiger partial charge in [-0.3, -0.25) is 4.79 Å². The first-order chi connectivity index (χ1) is 13.7. The lowest BCUT2D eigenvalue weighted by Crippen LogP contribution is -2.21. The summed E-state index contributed by atoms with van der Waals surface area (Å²) in [5.74, 6) is 2.22. The van der Waals surface area contributed by atoms with E-state index in [1.165, 1.54) is 0 Å². The number of nitrogens with one attached hydrogen (secondary N) is 2. The van der Waals surface area contributed by atoms with E-state index in [9.17, 15) is 4.79 Å². The van der Waals surface area contributed by atoms with Crippen LogP contribution >= 0.6 is 0 Å². The molecule has 0 fully saturated rings. The second kappa shape index (κ2) is 9.22. The van der Waals surface area contributed by atoms with Crippen LogP contribution in [-0.4, -0.2) is 36.9 Å². The van der Waals surface area contributed by atoms with Gasteiger partial charge in [0.1, 0.15) is 5.75 Å². The third-order valence-corrected chi connectivity index (χ3v) is 3.73. The van der Waals surface area contributed by atoms with E-state index in [4.69, 9.17) is 14.2 Å². The zero-order valence-corrected chi connectivity index (χ0v) is 15.5. The lowest BCUT2D eigenvalue weighted by Gasteiger charge is -2.11. The molecule has 3 aromatic rings. The zero-order valence-electron chi connectivity index (χ0n) is 15.5. The lowest BCUT2D eigenvalue weighted by molar-refractivity contribution is -0.118. The molecule has 1 heterocycles. The zero-order chi connectivity index (χ0) is 19.8. The van der Waals surface area contributed by atoms with E-state index < -0.39 is 0 Å². The van der Waals surface area contributed by atoms with Crippen LogP contribution in [0.5, 0.6) is 17.2 Å². The predicted octanol–water partition coefficient (Wildman–Crippen LogP) is 3.25. The maximum Gasteiger partial charge on any atom is 0.263 e. The number of carbonyl (C=O) groups is 1. The summed E-state index contributed by atoms with van der Waals surface area (Å²) >= 11 is 0. The molecular weight excluding hydrogens is 360 g/mol. The first-order valence-corrected chi connectivity index (χ1v) is 8.49. The molecule has 8 heteroatoms. The topological polar surface area (TPSA) is 94.6 Å². The molecule has 0 aliphatic heterocycles. The quantitative estimate of drug-likeness (QED) is 0.619. The highest BCUT2D eigenvalue weighted by atomic mass is 16.5. The van der Waals surface area contributed by atoms with Gasteiger partial charge < -0.3 is 24.8 Å². The number of para-hydroxylation sites is 4. The molecule has 0 spiro atoms. The van der Waals surface area contributed by atoms with E-state index in [-0.39, 0.29) is 12.5 Å². The summed E-state index contributed by atoms with van der Waals surface area (Å²) in [7, 11) is 3.14. The van der Waals surface area contributed by atoms with Crippen molar-refractivity contribution in [3.63, 3.8) is 0 Å². The number of carbonyl (C=O) groups excluding carboxylic acids is 1. The maximum atomic E-state index is 12.1. The SMILES string of the molecule is COc1ccccc1Nc1ccc(NC(=O)COc2ccccc2OC)nn1. The number of aromatic nitrogens is 2. The van der Waals surface area contributed by atoms with Gasteiger partial charge in [0, 0.05) is 0 Å². The van der Waals surface area contributed by atoms with Crippen molar-refractivity contribution >= 4 is 23.2 Å². The molecule has 28 heavy (non-hydrogen) atoms. The number of benzene rings is 2. The first kappa shape index (κ1) is 19.0. The number of hydrogen-bond acceptors (Lipinski definition) is 7. The summed E-state index contributed by atoms with van der Waals surface area (Å²) in [6.07, 6.45) is 0. The van der Waals surface area contributed by atoms with Gasteiger partial charge in [0.2, 0.25) is 0 Å². The van der Waals surface area contributed by atoms with Crippen molar-refractivity contribution in [1.82, 2.24) is 10.2 Å². The molecule has 0 saturated carbocycles. The fraction of sp³-hybridized carbons (Fsp3) is 0.150. The first-order valence-electron chi connectivity index (χ1n) is 8.49. The fourth-order valence-electron chi connectivity index (χ4n) is 2.41. The molecular formula is C20H20N4O4. The van der Waals surface area contributed by atoms with Crippen molar-refractivity contribution in [2.75, 3.05) is 31.5 Å². The second-order valence-electron chi connectivity index (χ2n) is 5.62. The van der Waals surface area contributed by atoms with Crippen LogP contribution in [0.2, 0.25) is 0 Å². The van der Waals surface area contributed by atoms with E-state index in [0.29, 0.717) is 28.9 Å². The van der Waals surface area contributed by atoms with Gasteiger partial charge in [-0.05, 0) is 36.4 Å². The Morgan fingerprint density at radius 2 is 1.43 bits per heavy atom. The Morgan fingerprint density at radius 3 is 2.11 bits per heavy atom. The number of methoxy groups -OCH3 is 2. The molecule has 0 unspecified atom stereocenters. The average Bonchev–Trinajstić information content (AvgIpc) is 2.74. The Labute approximate surface area is 162 Å². The Balaban J connectivity index is 1.56. The van der Waals surface area contributed by atoms with Crippen LogP contribution in [0.3, 0.4) is 0 Å². The van der Waals surface area contributed by atoms with Gasteiger partial charge in [-0.15, -0.1) is 10.2 Å². The summed E-state index contributed by atoms with van der Waals surface area (Å²) in [6.45, 7) is -0.177. The minimum atomic E-state index is -0.356. The van der Waals surface area contributed by atoms with Crippen molar-refractivity contribution < 1.29 is 19.0 Å². The smallest absolute Gasteiger partial charge is 0.263 e. The standard InChI is InChI=1S/C20H20N4O4/c1-26-15-8-4-3-7-14(15)21-18-11-12-19(24-23-18)22-20(25)13-28-17-10-6-5-9-16(17)27-2/h3-12H,13H2,1-2H3,(H,21,23)(H,22,24,25). The Bertz CT molecular complexity index is 931. The normalized spacial score (nSPS) is 10.1. The molecule has 1 amide bonds. The highest BCUT2D eigenvalue weighted by Gasteiger charge is 2.09. The van der Waals surface area contributed by atoms with Crippen LogP contribution in [0.15, 0.2) is 60.7 Å². The Morgan fingerprint density at radius 1 is 0.821 bits per heavy atom. The molecule has 144 valence electrons. The number of amides is 1. The van der Waals surface area contributed by atoms with Crippen LogP contribution in [0.1, 0.15) is 0 Å². The summed E-state index contributed by atoms with van der Waals surface area (Å²) in [5, 5.41) is 13.8. The lowest BCUT2D eigenvalue weighted by atomic mass is 10.3. The summed E-state index contributed by atoms with van der Waals surface area (Å²) in [4.78, 5) is 12.1. The fourth-order valence-corrected chi connectivity index (χ4v) is 2.41. The molecule has 0 radical (unpaired) electrons. The van der Waals surface area contributed by atoms with Gasteiger partial charge in [0.05, 0.1) is 19.9 Å². The van der Waals surface area contributed by atoms with E-state index in [0.717, 1.165) is 5.69 Å². The largest absolute Gasteiger partial charge is 0.495 e. The Hall–Kier alpha value is -3.81. The summed E-state index contributed by atoms with van der Waals surface area (Å²) in [5.41, 5.74) is 0.765. The van der Waals surface area contributed by atoms with Crippen molar-refractivity contribution in [3.8, 4) is 17.2 Å². The number of rotatable bonds is 8. The Kier molecular flexibility index (Phi) is 6.25. The minimum absolute atomic E-state index is 0.177. The predicted molar refractivity (Wildman–Crippen MR) is 105 cm³/mol. The highest BCUT2D eigenvalue weighted by Crippen LogP contribution is 2.26. The van der Waals surface area contributed by atoms with Crippen molar-refractivity contribution in [2.24, 2.45) is 0 Å². The van der Waals surface area contributed by atoms with Crippen LogP contribution < -0.4 is 24.8 Å². The molecule has 8 nitrogen and oxygen atoms in total. The van der Waals surface area contributed by atoms with Gasteiger partial charge in [0.15, 0.2) is 29.7 Å². The molecule has 2 N–H and O–H groups in total. The van der Waals surface area contributed by atoms with Crippen molar-refractivity contribution in [2.45, 2.75) is 0 Å². The van der Waals surface area contributed by atoms with Crippen molar-refractivity contribution in [1.29, 1.82) is 0 Å². The molecule has 0 aliphatic carbocycles. The molecule has 0 aliphatic rings. The van der Waals surface area contributed by atoms with E-state index in [1.807, 2.05) is 30.3 Å². The maximum absolute atomic E-state index is 12.1. The van der Waals surface area contributed by atoms with E-state index in [2.05, 4.69) is 20.8 Å². The van der Waals surface area contributed by atoms with Gasteiger partial charge in [-0.2, -0.15) is 0 Å². The van der Waals surface area contributed by atoms with Gasteiger partial charge in [-0.1, -0.05) is 24.3 Å². The monoisotopic (exact) mass is 380 g/mol.